The molecule has 2 rings (SSSR count). The minimum atomic E-state index is -0.908. The van der Waals surface area contributed by atoms with E-state index in [9.17, 15) is 15.0 Å². The molecular weight excluding hydrogens is 272 g/mol. The molecule has 1 fully saturated rings. The summed E-state index contributed by atoms with van der Waals surface area (Å²) in [5, 5.41) is 22.3. The summed E-state index contributed by atoms with van der Waals surface area (Å²) >= 11 is 0. The molecule has 0 aliphatic heterocycles. The molecular formula is C15H22N2O4. The summed E-state index contributed by atoms with van der Waals surface area (Å²) in [6.45, 7) is 0.863. The van der Waals surface area contributed by atoms with Crippen molar-refractivity contribution in [2.75, 3.05) is 13.2 Å². The third-order valence-corrected chi connectivity index (χ3v) is 3.64. The van der Waals surface area contributed by atoms with Crippen molar-refractivity contribution >= 4 is 5.91 Å². The van der Waals surface area contributed by atoms with Crippen LogP contribution in [0.15, 0.2) is 24.3 Å². The Bertz CT molecular complexity index is 463. The number of aliphatic hydroxyl groups is 2. The van der Waals surface area contributed by atoms with Gasteiger partial charge in [-0.15, -0.1) is 0 Å². The Hall–Kier alpha value is -1.63. The van der Waals surface area contributed by atoms with Crippen LogP contribution in [0.5, 0.6) is 5.75 Å². The summed E-state index contributed by atoms with van der Waals surface area (Å²) in [5.41, 5.74) is 5.84. The van der Waals surface area contributed by atoms with Gasteiger partial charge in [-0.1, -0.05) is 0 Å². The molecule has 1 aliphatic carbocycles. The molecule has 5 N–H and O–H groups in total. The fraction of sp³-hybridized carbons (Fsp3) is 0.533. The van der Waals surface area contributed by atoms with Crippen LogP contribution in [-0.2, 0) is 0 Å². The predicted molar refractivity (Wildman–Crippen MR) is 78.1 cm³/mol. The fourth-order valence-corrected chi connectivity index (χ4v) is 2.45. The minimum Gasteiger partial charge on any atom is -0.492 e. The summed E-state index contributed by atoms with van der Waals surface area (Å²) in [6, 6.07) is 6.32. The predicted octanol–water partition coefficient (Wildman–Crippen LogP) is 0.0282. The quantitative estimate of drug-likeness (QED) is 0.613. The maximum Gasteiger partial charge on any atom is 0.251 e. The highest BCUT2D eigenvalue weighted by Crippen LogP contribution is 2.20. The highest BCUT2D eigenvalue weighted by molar-refractivity contribution is 5.94. The number of aliphatic hydroxyl groups excluding tert-OH is 2. The molecule has 1 amide bonds. The van der Waals surface area contributed by atoms with Gasteiger partial charge in [-0.3, -0.25) is 4.79 Å². The lowest BCUT2D eigenvalue weighted by atomic mass is 9.90. The first-order chi connectivity index (χ1) is 10.1. The average molecular weight is 294 g/mol. The third kappa shape index (κ3) is 4.17. The molecule has 116 valence electrons. The first kappa shape index (κ1) is 15.8. The average Bonchev–Trinajstić information content (AvgIpc) is 2.50. The summed E-state index contributed by atoms with van der Waals surface area (Å²) in [7, 11) is 0. The van der Waals surface area contributed by atoms with Gasteiger partial charge < -0.3 is 26.0 Å². The van der Waals surface area contributed by atoms with E-state index in [-0.39, 0.29) is 5.91 Å². The van der Waals surface area contributed by atoms with Crippen molar-refractivity contribution in [1.29, 1.82) is 0 Å². The van der Waals surface area contributed by atoms with Gasteiger partial charge in [0.05, 0.1) is 18.2 Å². The second kappa shape index (κ2) is 7.40. The Morgan fingerprint density at radius 1 is 1.29 bits per heavy atom. The van der Waals surface area contributed by atoms with Crippen molar-refractivity contribution in [2.45, 2.75) is 37.5 Å². The highest BCUT2D eigenvalue weighted by Gasteiger charge is 2.31. The van der Waals surface area contributed by atoms with Gasteiger partial charge in [-0.2, -0.15) is 0 Å². The normalized spacial score (nSPS) is 25.4. The van der Waals surface area contributed by atoms with Crippen LogP contribution in [0.2, 0.25) is 0 Å². The van der Waals surface area contributed by atoms with E-state index in [1.165, 1.54) is 0 Å². The number of hydrogen-bond acceptors (Lipinski definition) is 5. The Labute approximate surface area is 123 Å². The number of ether oxygens (including phenoxy) is 1. The number of amides is 1. The van der Waals surface area contributed by atoms with Crippen molar-refractivity contribution in [3.63, 3.8) is 0 Å². The standard InChI is InChI=1S/C15H22N2O4/c16-8-9-21-11-6-4-10(5-7-11)15(20)17-12-2-1-3-13(18)14(12)19/h4-7,12-14,18-19H,1-3,8-9,16H2,(H,17,20)/t12-,13-,14-/m1/s1. The van der Waals surface area contributed by atoms with E-state index in [2.05, 4.69) is 5.32 Å². The molecule has 21 heavy (non-hydrogen) atoms. The zero-order chi connectivity index (χ0) is 15.2. The van der Waals surface area contributed by atoms with Crippen LogP contribution in [0.4, 0.5) is 0 Å². The first-order valence-electron chi connectivity index (χ1n) is 7.21. The fourth-order valence-electron chi connectivity index (χ4n) is 2.45. The van der Waals surface area contributed by atoms with Crippen molar-refractivity contribution in [2.24, 2.45) is 5.73 Å². The van der Waals surface area contributed by atoms with E-state index in [0.29, 0.717) is 37.3 Å². The molecule has 0 heterocycles. The maximum atomic E-state index is 12.1. The Kier molecular flexibility index (Phi) is 5.55. The molecule has 0 unspecified atom stereocenters. The summed E-state index contributed by atoms with van der Waals surface area (Å²) in [5.74, 6) is 0.392. The van der Waals surface area contributed by atoms with Gasteiger partial charge in [0.1, 0.15) is 12.4 Å². The van der Waals surface area contributed by atoms with E-state index in [1.807, 2.05) is 0 Å². The molecule has 6 heteroatoms. The number of carbonyl (C=O) groups excluding carboxylic acids is 1. The van der Waals surface area contributed by atoms with Crippen molar-refractivity contribution in [3.05, 3.63) is 29.8 Å². The van der Waals surface area contributed by atoms with Gasteiger partial charge in [0.15, 0.2) is 0 Å². The zero-order valence-electron chi connectivity index (χ0n) is 11.9. The van der Waals surface area contributed by atoms with Crippen molar-refractivity contribution < 1.29 is 19.7 Å². The topological polar surface area (TPSA) is 105 Å². The van der Waals surface area contributed by atoms with E-state index in [1.54, 1.807) is 24.3 Å². The van der Waals surface area contributed by atoms with Gasteiger partial charge in [0.25, 0.3) is 5.91 Å². The van der Waals surface area contributed by atoms with Gasteiger partial charge in [0.2, 0.25) is 0 Å². The number of nitrogens with one attached hydrogen (secondary N) is 1. The van der Waals surface area contributed by atoms with Gasteiger partial charge in [-0.05, 0) is 43.5 Å². The minimum absolute atomic E-state index is 0.265. The SMILES string of the molecule is NCCOc1ccc(C(=O)N[C@@H]2CCC[C@@H](O)[C@@H]2O)cc1. The van der Waals surface area contributed by atoms with Crippen LogP contribution >= 0.6 is 0 Å². The molecule has 1 saturated carbocycles. The molecule has 0 bridgehead atoms. The molecule has 0 saturated heterocycles. The van der Waals surface area contributed by atoms with Crippen LogP contribution in [0.1, 0.15) is 29.6 Å². The van der Waals surface area contributed by atoms with E-state index < -0.39 is 18.2 Å². The number of hydrogen-bond donors (Lipinski definition) is 4. The second-order valence-electron chi connectivity index (χ2n) is 5.23. The zero-order valence-corrected chi connectivity index (χ0v) is 11.9. The van der Waals surface area contributed by atoms with Crippen LogP contribution in [-0.4, -0.2) is 47.5 Å². The largest absolute Gasteiger partial charge is 0.492 e. The van der Waals surface area contributed by atoms with Gasteiger partial charge in [-0.25, -0.2) is 0 Å². The van der Waals surface area contributed by atoms with E-state index in [0.717, 1.165) is 6.42 Å². The van der Waals surface area contributed by atoms with Crippen molar-refractivity contribution in [3.8, 4) is 5.75 Å². The number of rotatable bonds is 5. The number of benzene rings is 1. The molecule has 3 atom stereocenters. The Morgan fingerprint density at radius 2 is 2.00 bits per heavy atom. The van der Waals surface area contributed by atoms with Gasteiger partial charge in [0, 0.05) is 12.1 Å². The lowest BCUT2D eigenvalue weighted by Crippen LogP contribution is -2.51. The second-order valence-corrected chi connectivity index (χ2v) is 5.23. The number of nitrogens with two attached hydrogens (primary N) is 1. The van der Waals surface area contributed by atoms with E-state index in [4.69, 9.17) is 10.5 Å². The lowest BCUT2D eigenvalue weighted by Gasteiger charge is -2.32. The van der Waals surface area contributed by atoms with Crippen LogP contribution < -0.4 is 15.8 Å². The molecule has 1 aliphatic rings. The van der Waals surface area contributed by atoms with Crippen LogP contribution in [0.25, 0.3) is 0 Å². The highest BCUT2D eigenvalue weighted by atomic mass is 16.5. The first-order valence-corrected chi connectivity index (χ1v) is 7.21. The summed E-state index contributed by atoms with van der Waals surface area (Å²) in [4.78, 5) is 12.1. The molecule has 1 aromatic carbocycles. The van der Waals surface area contributed by atoms with Crippen LogP contribution in [0, 0.1) is 0 Å². The summed E-state index contributed by atoms with van der Waals surface area (Å²) in [6.07, 6.45) is 0.350. The molecule has 0 aromatic heterocycles. The van der Waals surface area contributed by atoms with Crippen LogP contribution in [0.3, 0.4) is 0 Å². The molecule has 0 spiro atoms. The molecule has 1 aromatic rings. The Balaban J connectivity index is 1.93. The third-order valence-electron chi connectivity index (χ3n) is 3.64. The monoisotopic (exact) mass is 294 g/mol. The van der Waals surface area contributed by atoms with E-state index >= 15 is 0 Å². The Morgan fingerprint density at radius 3 is 2.67 bits per heavy atom. The smallest absolute Gasteiger partial charge is 0.251 e. The van der Waals surface area contributed by atoms with Crippen molar-refractivity contribution in [1.82, 2.24) is 5.32 Å². The lowest BCUT2D eigenvalue weighted by molar-refractivity contribution is -0.0278. The number of carbonyl (C=O) groups is 1. The van der Waals surface area contributed by atoms with Gasteiger partial charge >= 0.3 is 0 Å². The maximum absolute atomic E-state index is 12.1. The molecule has 6 nitrogen and oxygen atoms in total. The molecule has 0 radical (unpaired) electrons. The summed E-state index contributed by atoms with van der Waals surface area (Å²) < 4.78 is 5.34.